The molecule has 1 N–H and O–H groups in total. The van der Waals surface area contributed by atoms with Gasteiger partial charge in [-0.15, -0.1) is 0 Å². The van der Waals surface area contributed by atoms with E-state index in [0.717, 1.165) is 22.2 Å². The third kappa shape index (κ3) is 3.27. The van der Waals surface area contributed by atoms with E-state index in [2.05, 4.69) is 5.32 Å². The first-order valence-corrected chi connectivity index (χ1v) is 10.5. The SMILES string of the molecule is CCOC(=O)C1=C(c2ccccc2)Nc2nc3ccccc3n2C1c1ccccc1Cl. The summed E-state index contributed by atoms with van der Waals surface area (Å²) < 4.78 is 7.54. The normalized spacial score (nSPS) is 15.5. The van der Waals surface area contributed by atoms with Crippen molar-refractivity contribution in [3.05, 3.63) is 101 Å². The van der Waals surface area contributed by atoms with Crippen LogP contribution in [0.25, 0.3) is 16.7 Å². The lowest BCUT2D eigenvalue weighted by atomic mass is 9.92. The topological polar surface area (TPSA) is 56.1 Å². The third-order valence-corrected chi connectivity index (χ3v) is 5.74. The summed E-state index contributed by atoms with van der Waals surface area (Å²) in [6.45, 7) is 2.08. The molecule has 1 aromatic heterocycles. The highest BCUT2D eigenvalue weighted by Gasteiger charge is 2.37. The van der Waals surface area contributed by atoms with E-state index in [1.54, 1.807) is 6.92 Å². The van der Waals surface area contributed by atoms with Gasteiger partial charge in [0.2, 0.25) is 5.95 Å². The molecule has 1 aliphatic rings. The zero-order chi connectivity index (χ0) is 21.4. The van der Waals surface area contributed by atoms with Crippen LogP contribution in [0.5, 0.6) is 0 Å². The molecule has 0 saturated heterocycles. The molecule has 0 spiro atoms. The molecular weight excluding hydrogens is 410 g/mol. The predicted octanol–water partition coefficient (Wildman–Crippen LogP) is 5.68. The maximum absolute atomic E-state index is 13.3. The van der Waals surface area contributed by atoms with Gasteiger partial charge >= 0.3 is 5.97 Å². The number of esters is 1. The first kappa shape index (κ1) is 19.4. The third-order valence-electron chi connectivity index (χ3n) is 5.39. The molecule has 0 bridgehead atoms. The van der Waals surface area contributed by atoms with Crippen LogP contribution in [0.4, 0.5) is 5.95 Å². The molecule has 0 fully saturated rings. The summed E-state index contributed by atoms with van der Waals surface area (Å²) in [7, 11) is 0. The Balaban J connectivity index is 1.86. The molecule has 0 saturated carbocycles. The number of hydrogen-bond acceptors (Lipinski definition) is 4. The van der Waals surface area contributed by atoms with Gasteiger partial charge < -0.3 is 10.1 Å². The quantitative estimate of drug-likeness (QED) is 0.424. The number of para-hydroxylation sites is 2. The number of carbonyl (C=O) groups is 1. The van der Waals surface area contributed by atoms with Crippen LogP contribution >= 0.6 is 11.6 Å². The summed E-state index contributed by atoms with van der Waals surface area (Å²) in [6, 6.07) is 24.7. The molecule has 2 heterocycles. The monoisotopic (exact) mass is 429 g/mol. The number of hydrogen-bond donors (Lipinski definition) is 1. The van der Waals surface area contributed by atoms with Crippen LogP contribution in [0, 0.1) is 0 Å². The minimum atomic E-state index is -0.494. The summed E-state index contributed by atoms with van der Waals surface area (Å²) in [5, 5.41) is 3.98. The number of aromatic nitrogens is 2. The van der Waals surface area contributed by atoms with Gasteiger partial charge in [0.25, 0.3) is 0 Å². The average Bonchev–Trinajstić information content (AvgIpc) is 3.17. The van der Waals surface area contributed by atoms with E-state index in [4.69, 9.17) is 21.3 Å². The Morgan fingerprint density at radius 2 is 1.74 bits per heavy atom. The smallest absolute Gasteiger partial charge is 0.338 e. The number of nitrogens with zero attached hydrogens (tertiary/aromatic N) is 2. The molecule has 5 rings (SSSR count). The zero-order valence-electron chi connectivity index (χ0n) is 16.9. The lowest BCUT2D eigenvalue weighted by Gasteiger charge is -2.31. The molecule has 0 aliphatic carbocycles. The number of rotatable bonds is 4. The number of nitrogens with one attached hydrogen (secondary N) is 1. The largest absolute Gasteiger partial charge is 0.463 e. The molecule has 154 valence electrons. The van der Waals surface area contributed by atoms with Crippen molar-refractivity contribution in [3.8, 4) is 0 Å². The summed E-state index contributed by atoms with van der Waals surface area (Å²) in [5.41, 5.74) is 4.60. The van der Waals surface area contributed by atoms with Gasteiger partial charge in [0.05, 0.1) is 35.0 Å². The van der Waals surface area contributed by atoms with Crippen LogP contribution < -0.4 is 5.32 Å². The number of carbonyl (C=O) groups excluding carboxylic acids is 1. The highest BCUT2D eigenvalue weighted by Crippen LogP contribution is 2.43. The van der Waals surface area contributed by atoms with E-state index < -0.39 is 6.04 Å². The van der Waals surface area contributed by atoms with Gasteiger partial charge in [-0.25, -0.2) is 9.78 Å². The number of imidazole rings is 1. The first-order valence-electron chi connectivity index (χ1n) is 10.1. The first-order chi connectivity index (χ1) is 15.2. The lowest BCUT2D eigenvalue weighted by molar-refractivity contribution is -0.138. The average molecular weight is 430 g/mol. The van der Waals surface area contributed by atoms with E-state index >= 15 is 0 Å². The zero-order valence-corrected chi connectivity index (χ0v) is 17.6. The fraction of sp³-hybridized carbons (Fsp3) is 0.120. The predicted molar refractivity (Wildman–Crippen MR) is 123 cm³/mol. The summed E-state index contributed by atoms with van der Waals surface area (Å²) in [6.07, 6.45) is 0. The number of anilines is 1. The Bertz CT molecular complexity index is 1310. The van der Waals surface area contributed by atoms with Crippen molar-refractivity contribution in [1.29, 1.82) is 0 Å². The number of benzene rings is 3. The fourth-order valence-electron chi connectivity index (χ4n) is 4.09. The molecular formula is C25H20ClN3O2. The summed E-state index contributed by atoms with van der Waals surface area (Å²) >= 11 is 6.65. The Kier molecular flexibility index (Phi) is 4.96. The molecule has 1 atom stereocenters. The van der Waals surface area contributed by atoms with Crippen LogP contribution in [0.3, 0.4) is 0 Å². The second-order valence-corrected chi connectivity index (χ2v) is 7.63. The fourth-order valence-corrected chi connectivity index (χ4v) is 4.32. The van der Waals surface area contributed by atoms with Gasteiger partial charge in [-0.1, -0.05) is 72.3 Å². The van der Waals surface area contributed by atoms with Crippen LogP contribution in [-0.4, -0.2) is 22.1 Å². The van der Waals surface area contributed by atoms with E-state index in [1.165, 1.54) is 0 Å². The minimum Gasteiger partial charge on any atom is -0.463 e. The maximum atomic E-state index is 13.3. The molecule has 1 aliphatic heterocycles. The Morgan fingerprint density at radius 1 is 1.03 bits per heavy atom. The van der Waals surface area contributed by atoms with E-state index in [9.17, 15) is 4.79 Å². The number of fused-ring (bicyclic) bond motifs is 3. The van der Waals surface area contributed by atoms with Crippen molar-refractivity contribution < 1.29 is 9.53 Å². The molecule has 6 heteroatoms. The maximum Gasteiger partial charge on any atom is 0.338 e. The summed E-state index contributed by atoms with van der Waals surface area (Å²) in [4.78, 5) is 18.1. The van der Waals surface area contributed by atoms with E-state index in [1.807, 2.05) is 83.4 Å². The number of ether oxygens (including phenoxy) is 1. The van der Waals surface area contributed by atoms with Gasteiger partial charge in [0.1, 0.15) is 0 Å². The molecule has 3 aromatic carbocycles. The van der Waals surface area contributed by atoms with Crippen LogP contribution in [-0.2, 0) is 9.53 Å². The second-order valence-electron chi connectivity index (χ2n) is 7.22. The van der Waals surface area contributed by atoms with Crippen molar-refractivity contribution >= 4 is 40.2 Å². The lowest BCUT2D eigenvalue weighted by Crippen LogP contribution is -2.29. The Labute approximate surface area is 184 Å². The molecule has 1 unspecified atom stereocenters. The van der Waals surface area contributed by atoms with Crippen molar-refractivity contribution in [3.63, 3.8) is 0 Å². The molecule has 5 nitrogen and oxygen atoms in total. The van der Waals surface area contributed by atoms with Crippen molar-refractivity contribution in [2.75, 3.05) is 11.9 Å². The van der Waals surface area contributed by atoms with E-state index in [0.29, 0.717) is 22.2 Å². The highest BCUT2D eigenvalue weighted by atomic mass is 35.5. The van der Waals surface area contributed by atoms with Gasteiger partial charge in [0, 0.05) is 5.02 Å². The molecule has 31 heavy (non-hydrogen) atoms. The van der Waals surface area contributed by atoms with Crippen LogP contribution in [0.2, 0.25) is 5.02 Å². The second kappa shape index (κ2) is 7.93. The molecule has 0 radical (unpaired) electrons. The Hall–Kier alpha value is -3.57. The van der Waals surface area contributed by atoms with Gasteiger partial charge in [-0.2, -0.15) is 0 Å². The van der Waals surface area contributed by atoms with Crippen LogP contribution in [0.15, 0.2) is 84.4 Å². The standard InChI is InChI=1S/C25H20ClN3O2/c1-2-31-24(30)21-22(16-10-4-3-5-11-16)28-25-27-19-14-8-9-15-20(19)29(25)23(21)17-12-6-7-13-18(17)26/h3-15,23H,2H2,1H3,(H,27,28). The van der Waals surface area contributed by atoms with E-state index in [-0.39, 0.29) is 12.6 Å². The van der Waals surface area contributed by atoms with Gasteiger partial charge in [-0.3, -0.25) is 4.57 Å². The van der Waals surface area contributed by atoms with Crippen LogP contribution in [0.1, 0.15) is 24.1 Å². The van der Waals surface area contributed by atoms with Crippen molar-refractivity contribution in [2.24, 2.45) is 0 Å². The minimum absolute atomic E-state index is 0.275. The van der Waals surface area contributed by atoms with Crippen molar-refractivity contribution in [2.45, 2.75) is 13.0 Å². The van der Waals surface area contributed by atoms with Gasteiger partial charge in [0.15, 0.2) is 0 Å². The van der Waals surface area contributed by atoms with Crippen molar-refractivity contribution in [1.82, 2.24) is 9.55 Å². The molecule has 4 aromatic rings. The van der Waals surface area contributed by atoms with Gasteiger partial charge in [-0.05, 0) is 36.2 Å². The Morgan fingerprint density at radius 3 is 2.52 bits per heavy atom. The molecule has 0 amide bonds. The summed E-state index contributed by atoms with van der Waals surface area (Å²) in [5.74, 6) is 0.264. The highest BCUT2D eigenvalue weighted by molar-refractivity contribution is 6.31. The number of halogens is 1.